The van der Waals surface area contributed by atoms with Gasteiger partial charge in [-0.25, -0.2) is 0 Å². The SMILES string of the molecule is NC(=NCCCOc1ccccc1)NCCc1ccccn1. The fraction of sp³-hybridized carbons (Fsp3) is 0.294. The first-order valence-electron chi connectivity index (χ1n) is 7.46. The number of para-hydroxylation sites is 1. The summed E-state index contributed by atoms with van der Waals surface area (Å²) in [6, 6.07) is 15.6. The number of benzene rings is 1. The van der Waals surface area contributed by atoms with Gasteiger partial charge in [-0.05, 0) is 24.3 Å². The van der Waals surface area contributed by atoms with Gasteiger partial charge in [0.1, 0.15) is 5.75 Å². The van der Waals surface area contributed by atoms with Gasteiger partial charge in [-0.15, -0.1) is 0 Å². The Labute approximate surface area is 131 Å². The van der Waals surface area contributed by atoms with Crippen LogP contribution in [-0.2, 0) is 6.42 Å². The van der Waals surface area contributed by atoms with Crippen molar-refractivity contribution in [3.8, 4) is 5.75 Å². The highest BCUT2D eigenvalue weighted by Crippen LogP contribution is 2.08. The monoisotopic (exact) mass is 298 g/mol. The average Bonchev–Trinajstić information content (AvgIpc) is 2.56. The maximum Gasteiger partial charge on any atom is 0.188 e. The topological polar surface area (TPSA) is 72.5 Å². The zero-order valence-corrected chi connectivity index (χ0v) is 12.6. The first-order valence-corrected chi connectivity index (χ1v) is 7.46. The number of rotatable bonds is 8. The lowest BCUT2D eigenvalue weighted by Gasteiger charge is -2.06. The van der Waals surface area contributed by atoms with Crippen LogP contribution in [0, 0.1) is 0 Å². The summed E-state index contributed by atoms with van der Waals surface area (Å²) in [5, 5.41) is 3.09. The van der Waals surface area contributed by atoms with Crippen LogP contribution in [0.4, 0.5) is 0 Å². The van der Waals surface area contributed by atoms with Gasteiger partial charge in [-0.1, -0.05) is 24.3 Å². The molecule has 22 heavy (non-hydrogen) atoms. The molecule has 0 aliphatic heterocycles. The lowest BCUT2D eigenvalue weighted by atomic mass is 10.3. The van der Waals surface area contributed by atoms with Crippen molar-refractivity contribution >= 4 is 5.96 Å². The van der Waals surface area contributed by atoms with E-state index in [9.17, 15) is 0 Å². The van der Waals surface area contributed by atoms with Crippen LogP contribution >= 0.6 is 0 Å². The van der Waals surface area contributed by atoms with E-state index in [2.05, 4.69) is 15.3 Å². The number of guanidine groups is 1. The molecule has 0 unspecified atom stereocenters. The van der Waals surface area contributed by atoms with Crippen molar-refractivity contribution in [2.75, 3.05) is 19.7 Å². The van der Waals surface area contributed by atoms with Crippen LogP contribution in [0.25, 0.3) is 0 Å². The molecule has 0 spiro atoms. The molecule has 116 valence electrons. The molecule has 0 saturated carbocycles. The molecular weight excluding hydrogens is 276 g/mol. The van der Waals surface area contributed by atoms with Gasteiger partial charge in [-0.3, -0.25) is 9.98 Å². The van der Waals surface area contributed by atoms with E-state index in [1.807, 2.05) is 48.5 Å². The molecule has 5 nitrogen and oxygen atoms in total. The van der Waals surface area contributed by atoms with Crippen LogP contribution in [0.5, 0.6) is 5.75 Å². The summed E-state index contributed by atoms with van der Waals surface area (Å²) in [7, 11) is 0. The molecule has 0 bridgehead atoms. The summed E-state index contributed by atoms with van der Waals surface area (Å²) in [6.45, 7) is 2.01. The summed E-state index contributed by atoms with van der Waals surface area (Å²) < 4.78 is 5.59. The molecule has 3 N–H and O–H groups in total. The average molecular weight is 298 g/mol. The van der Waals surface area contributed by atoms with Gasteiger partial charge >= 0.3 is 0 Å². The van der Waals surface area contributed by atoms with E-state index in [-0.39, 0.29) is 0 Å². The van der Waals surface area contributed by atoms with E-state index in [0.29, 0.717) is 19.1 Å². The summed E-state index contributed by atoms with van der Waals surface area (Å²) in [5.41, 5.74) is 6.85. The Bertz CT molecular complexity index is 557. The number of nitrogens with zero attached hydrogens (tertiary/aromatic N) is 2. The lowest BCUT2D eigenvalue weighted by molar-refractivity contribution is 0.313. The smallest absolute Gasteiger partial charge is 0.188 e. The summed E-state index contributed by atoms with van der Waals surface area (Å²) >= 11 is 0. The van der Waals surface area contributed by atoms with Gasteiger partial charge in [0.25, 0.3) is 0 Å². The van der Waals surface area contributed by atoms with Crippen molar-refractivity contribution in [3.63, 3.8) is 0 Å². The van der Waals surface area contributed by atoms with Crippen molar-refractivity contribution in [2.45, 2.75) is 12.8 Å². The number of ether oxygens (including phenoxy) is 1. The van der Waals surface area contributed by atoms with Gasteiger partial charge in [0.2, 0.25) is 0 Å². The molecule has 1 heterocycles. The van der Waals surface area contributed by atoms with Crippen LogP contribution in [0.2, 0.25) is 0 Å². The largest absolute Gasteiger partial charge is 0.494 e. The van der Waals surface area contributed by atoms with Gasteiger partial charge in [-0.2, -0.15) is 0 Å². The second-order valence-electron chi connectivity index (χ2n) is 4.78. The summed E-state index contributed by atoms with van der Waals surface area (Å²) in [6.07, 6.45) is 3.45. The number of nitrogens with one attached hydrogen (secondary N) is 1. The van der Waals surface area contributed by atoms with Crippen LogP contribution in [-0.4, -0.2) is 30.6 Å². The Morgan fingerprint density at radius 2 is 1.95 bits per heavy atom. The zero-order valence-electron chi connectivity index (χ0n) is 12.6. The molecule has 0 radical (unpaired) electrons. The van der Waals surface area contributed by atoms with Crippen LogP contribution in [0.3, 0.4) is 0 Å². The fourth-order valence-corrected chi connectivity index (χ4v) is 1.89. The maximum absolute atomic E-state index is 5.81. The Hall–Kier alpha value is -2.56. The molecule has 5 heteroatoms. The molecule has 0 atom stereocenters. The molecular formula is C17H22N4O. The number of hydrogen-bond donors (Lipinski definition) is 2. The molecule has 1 aromatic carbocycles. The number of hydrogen-bond acceptors (Lipinski definition) is 3. The number of nitrogens with two attached hydrogens (primary N) is 1. The molecule has 0 amide bonds. The van der Waals surface area contributed by atoms with E-state index >= 15 is 0 Å². The zero-order chi connectivity index (χ0) is 15.5. The number of pyridine rings is 1. The first-order chi connectivity index (χ1) is 10.8. The first kappa shape index (κ1) is 15.8. The van der Waals surface area contributed by atoms with E-state index in [4.69, 9.17) is 10.5 Å². The molecule has 2 rings (SSSR count). The minimum absolute atomic E-state index is 0.468. The normalized spacial score (nSPS) is 11.2. The Morgan fingerprint density at radius 1 is 1.14 bits per heavy atom. The van der Waals surface area contributed by atoms with Gasteiger partial charge < -0.3 is 15.8 Å². The quantitative estimate of drug-likeness (QED) is 0.444. The highest BCUT2D eigenvalue weighted by Gasteiger charge is 1.95. The molecule has 1 aromatic heterocycles. The third-order valence-corrected chi connectivity index (χ3v) is 3.01. The van der Waals surface area contributed by atoms with Gasteiger partial charge in [0, 0.05) is 37.8 Å². The standard InChI is InChI=1S/C17H22N4O/c18-17(21-13-10-15-7-4-5-11-19-15)20-12-6-14-22-16-8-2-1-3-9-16/h1-5,7-9,11H,6,10,12-14H2,(H3,18,20,21). The Kier molecular flexibility index (Phi) is 6.75. The van der Waals surface area contributed by atoms with Crippen LogP contribution < -0.4 is 15.8 Å². The minimum Gasteiger partial charge on any atom is -0.494 e. The van der Waals surface area contributed by atoms with E-state index < -0.39 is 0 Å². The van der Waals surface area contributed by atoms with Crippen molar-refractivity contribution in [3.05, 3.63) is 60.4 Å². The molecule has 0 saturated heterocycles. The maximum atomic E-state index is 5.81. The molecule has 0 fully saturated rings. The Balaban J connectivity index is 1.55. The van der Waals surface area contributed by atoms with E-state index in [1.165, 1.54) is 0 Å². The minimum atomic E-state index is 0.468. The highest BCUT2D eigenvalue weighted by atomic mass is 16.5. The van der Waals surface area contributed by atoms with Crippen molar-refractivity contribution in [1.82, 2.24) is 10.3 Å². The second-order valence-corrected chi connectivity index (χ2v) is 4.78. The molecule has 0 aliphatic rings. The highest BCUT2D eigenvalue weighted by molar-refractivity contribution is 5.77. The van der Waals surface area contributed by atoms with Crippen molar-refractivity contribution in [2.24, 2.45) is 10.7 Å². The molecule has 0 aliphatic carbocycles. The van der Waals surface area contributed by atoms with Crippen molar-refractivity contribution < 1.29 is 4.74 Å². The van der Waals surface area contributed by atoms with Crippen LogP contribution in [0.15, 0.2) is 59.7 Å². The van der Waals surface area contributed by atoms with Crippen molar-refractivity contribution in [1.29, 1.82) is 0 Å². The third kappa shape index (κ3) is 6.26. The number of aliphatic imine (C=N–C) groups is 1. The van der Waals surface area contributed by atoms with Crippen LogP contribution in [0.1, 0.15) is 12.1 Å². The third-order valence-electron chi connectivity index (χ3n) is 3.01. The predicted molar refractivity (Wildman–Crippen MR) is 89.0 cm³/mol. The van der Waals surface area contributed by atoms with E-state index in [1.54, 1.807) is 6.20 Å². The second kappa shape index (κ2) is 9.39. The lowest BCUT2D eigenvalue weighted by Crippen LogP contribution is -2.33. The van der Waals surface area contributed by atoms with E-state index in [0.717, 1.165) is 30.8 Å². The summed E-state index contributed by atoms with van der Waals surface area (Å²) in [5.74, 6) is 1.35. The summed E-state index contributed by atoms with van der Waals surface area (Å²) in [4.78, 5) is 8.52. The predicted octanol–water partition coefficient (Wildman–Crippen LogP) is 2.00. The van der Waals surface area contributed by atoms with Gasteiger partial charge in [0.05, 0.1) is 6.61 Å². The van der Waals surface area contributed by atoms with Gasteiger partial charge in [0.15, 0.2) is 5.96 Å². The number of aromatic nitrogens is 1. The fourth-order valence-electron chi connectivity index (χ4n) is 1.89. The molecule has 2 aromatic rings. The Morgan fingerprint density at radius 3 is 2.73 bits per heavy atom.